The predicted molar refractivity (Wildman–Crippen MR) is 47.3 cm³/mol. The first-order valence-electron chi connectivity index (χ1n) is 4.36. The molecule has 5 nitrogen and oxygen atoms in total. The van der Waals surface area contributed by atoms with Gasteiger partial charge < -0.3 is 20.1 Å². The first kappa shape index (κ1) is 11.2. The quantitative estimate of drug-likeness (QED) is 0.491. The van der Waals surface area contributed by atoms with Crippen LogP contribution in [0.4, 0.5) is 0 Å². The van der Waals surface area contributed by atoms with Crippen molar-refractivity contribution in [2.75, 3.05) is 13.7 Å². The maximum absolute atomic E-state index is 11.1. The summed E-state index contributed by atoms with van der Waals surface area (Å²) in [5.41, 5.74) is 0.296. The van der Waals surface area contributed by atoms with E-state index in [1.807, 2.05) is 0 Å². The fraction of sp³-hybridized carbons (Fsp3) is 0.667. The van der Waals surface area contributed by atoms with Crippen molar-refractivity contribution in [3.05, 3.63) is 11.6 Å². The van der Waals surface area contributed by atoms with E-state index >= 15 is 0 Å². The Hall–Kier alpha value is -0.910. The highest BCUT2D eigenvalue weighted by atomic mass is 16.5. The summed E-state index contributed by atoms with van der Waals surface area (Å²) >= 11 is 0. The highest BCUT2D eigenvalue weighted by Gasteiger charge is 2.32. The molecule has 0 bridgehead atoms. The molecule has 0 aromatic carbocycles. The number of hydrogen-bond donors (Lipinski definition) is 3. The van der Waals surface area contributed by atoms with Crippen LogP contribution in [0.15, 0.2) is 11.6 Å². The largest absolute Gasteiger partial charge is 0.466 e. The van der Waals surface area contributed by atoms with Crippen LogP contribution in [0.25, 0.3) is 0 Å². The van der Waals surface area contributed by atoms with Crippen molar-refractivity contribution in [2.45, 2.75) is 18.6 Å². The van der Waals surface area contributed by atoms with Crippen molar-refractivity contribution in [2.24, 2.45) is 5.92 Å². The summed E-state index contributed by atoms with van der Waals surface area (Å²) in [4.78, 5) is 11.1. The average Bonchev–Trinajstić information content (AvgIpc) is 2.20. The summed E-state index contributed by atoms with van der Waals surface area (Å²) in [5, 5.41) is 27.7. The Labute approximate surface area is 81.6 Å². The normalized spacial score (nSPS) is 32.3. The van der Waals surface area contributed by atoms with Crippen LogP contribution in [0.3, 0.4) is 0 Å². The lowest BCUT2D eigenvalue weighted by atomic mass is 9.86. The summed E-state index contributed by atoms with van der Waals surface area (Å²) in [7, 11) is 1.24. The SMILES string of the molecule is COC(=O)C1=C[C@@H](CO)[C@@H](O)[C@H](O)C1. The molecule has 1 aliphatic rings. The fourth-order valence-electron chi connectivity index (χ4n) is 1.50. The Kier molecular flexibility index (Phi) is 3.62. The van der Waals surface area contributed by atoms with E-state index in [0.717, 1.165) is 0 Å². The van der Waals surface area contributed by atoms with Gasteiger partial charge in [-0.2, -0.15) is 0 Å². The summed E-state index contributed by atoms with van der Waals surface area (Å²) in [6.07, 6.45) is -0.534. The minimum Gasteiger partial charge on any atom is -0.466 e. The maximum atomic E-state index is 11.1. The lowest BCUT2D eigenvalue weighted by Gasteiger charge is -2.28. The lowest BCUT2D eigenvalue weighted by Crippen LogP contribution is -2.39. The van der Waals surface area contributed by atoms with Gasteiger partial charge in [-0.1, -0.05) is 6.08 Å². The summed E-state index contributed by atoms with van der Waals surface area (Å²) in [6, 6.07) is 0. The van der Waals surface area contributed by atoms with E-state index in [0.29, 0.717) is 5.57 Å². The second-order valence-corrected chi connectivity index (χ2v) is 3.29. The van der Waals surface area contributed by atoms with Gasteiger partial charge in [-0.05, 0) is 0 Å². The molecule has 0 aliphatic heterocycles. The van der Waals surface area contributed by atoms with Gasteiger partial charge in [0.1, 0.15) is 0 Å². The Morgan fingerprint density at radius 2 is 2.29 bits per heavy atom. The number of aliphatic hydroxyl groups is 3. The minimum absolute atomic E-state index is 0.0599. The van der Waals surface area contributed by atoms with Gasteiger partial charge in [-0.15, -0.1) is 0 Å². The van der Waals surface area contributed by atoms with Crippen LogP contribution >= 0.6 is 0 Å². The van der Waals surface area contributed by atoms with Crippen LogP contribution in [-0.4, -0.2) is 47.2 Å². The minimum atomic E-state index is -1.02. The van der Waals surface area contributed by atoms with Gasteiger partial charge in [-0.25, -0.2) is 4.79 Å². The molecule has 0 spiro atoms. The monoisotopic (exact) mass is 202 g/mol. The molecule has 1 rings (SSSR count). The number of rotatable bonds is 2. The molecule has 5 heteroatoms. The highest BCUT2D eigenvalue weighted by Crippen LogP contribution is 2.24. The van der Waals surface area contributed by atoms with Crippen LogP contribution in [-0.2, 0) is 9.53 Å². The molecule has 3 N–H and O–H groups in total. The number of methoxy groups -OCH3 is 1. The fourth-order valence-corrected chi connectivity index (χ4v) is 1.50. The topological polar surface area (TPSA) is 87.0 Å². The van der Waals surface area contributed by atoms with Crippen molar-refractivity contribution >= 4 is 5.97 Å². The molecule has 3 atom stereocenters. The number of carbonyl (C=O) groups is 1. The van der Waals surface area contributed by atoms with Gasteiger partial charge in [-0.3, -0.25) is 0 Å². The van der Waals surface area contributed by atoms with Crippen LogP contribution in [0.1, 0.15) is 6.42 Å². The average molecular weight is 202 g/mol. The smallest absolute Gasteiger partial charge is 0.333 e. The van der Waals surface area contributed by atoms with Crippen LogP contribution in [0.5, 0.6) is 0 Å². The molecule has 0 amide bonds. The molecule has 0 unspecified atom stereocenters. The third kappa shape index (κ3) is 2.12. The number of hydrogen-bond acceptors (Lipinski definition) is 5. The van der Waals surface area contributed by atoms with Crippen molar-refractivity contribution in [3.8, 4) is 0 Å². The number of ether oxygens (including phenoxy) is 1. The number of esters is 1. The van der Waals surface area contributed by atoms with Gasteiger partial charge in [0.25, 0.3) is 0 Å². The standard InChI is InChI=1S/C9H14O5/c1-14-9(13)5-2-6(4-10)8(12)7(11)3-5/h2,6-8,10-12H,3-4H2,1H3/t6-,7+,8+/m0/s1. The molecule has 0 saturated carbocycles. The van der Waals surface area contributed by atoms with E-state index in [-0.39, 0.29) is 13.0 Å². The molecular formula is C9H14O5. The van der Waals surface area contributed by atoms with Crippen LogP contribution in [0.2, 0.25) is 0 Å². The van der Waals surface area contributed by atoms with Crippen molar-refractivity contribution in [3.63, 3.8) is 0 Å². The van der Waals surface area contributed by atoms with Crippen molar-refractivity contribution in [1.29, 1.82) is 0 Å². The molecule has 0 radical (unpaired) electrons. The molecule has 14 heavy (non-hydrogen) atoms. The van der Waals surface area contributed by atoms with E-state index in [4.69, 9.17) is 5.11 Å². The van der Waals surface area contributed by atoms with E-state index < -0.39 is 24.1 Å². The summed E-state index contributed by atoms with van der Waals surface area (Å²) in [6.45, 7) is -0.307. The lowest BCUT2D eigenvalue weighted by molar-refractivity contribution is -0.137. The summed E-state index contributed by atoms with van der Waals surface area (Å²) in [5.74, 6) is -1.14. The maximum Gasteiger partial charge on any atom is 0.333 e. The zero-order valence-corrected chi connectivity index (χ0v) is 7.88. The molecule has 0 aromatic rings. The third-order valence-electron chi connectivity index (χ3n) is 2.34. The Bertz CT molecular complexity index is 248. The van der Waals surface area contributed by atoms with E-state index in [9.17, 15) is 15.0 Å². The van der Waals surface area contributed by atoms with Crippen molar-refractivity contribution in [1.82, 2.24) is 0 Å². The molecule has 0 fully saturated rings. The predicted octanol–water partition coefficient (Wildman–Crippen LogP) is -1.18. The molecule has 0 aromatic heterocycles. The van der Waals surface area contributed by atoms with Gasteiger partial charge in [0, 0.05) is 17.9 Å². The Morgan fingerprint density at radius 3 is 2.79 bits per heavy atom. The first-order valence-corrected chi connectivity index (χ1v) is 4.36. The Balaban J connectivity index is 2.83. The molecule has 80 valence electrons. The highest BCUT2D eigenvalue weighted by molar-refractivity contribution is 5.88. The third-order valence-corrected chi connectivity index (χ3v) is 2.34. The van der Waals surface area contributed by atoms with Gasteiger partial charge >= 0.3 is 5.97 Å². The number of aliphatic hydroxyl groups excluding tert-OH is 3. The second kappa shape index (κ2) is 4.54. The van der Waals surface area contributed by atoms with Gasteiger partial charge in [0.15, 0.2) is 0 Å². The van der Waals surface area contributed by atoms with E-state index in [2.05, 4.69) is 4.74 Å². The zero-order valence-electron chi connectivity index (χ0n) is 7.88. The molecule has 0 heterocycles. The molecular weight excluding hydrogens is 188 g/mol. The first-order chi connectivity index (χ1) is 6.60. The van der Waals surface area contributed by atoms with Crippen LogP contribution < -0.4 is 0 Å². The van der Waals surface area contributed by atoms with Gasteiger partial charge in [0.2, 0.25) is 0 Å². The summed E-state index contributed by atoms with van der Waals surface area (Å²) < 4.78 is 4.48. The number of carbonyl (C=O) groups excluding carboxylic acids is 1. The van der Waals surface area contributed by atoms with E-state index in [1.165, 1.54) is 13.2 Å². The Morgan fingerprint density at radius 1 is 1.64 bits per heavy atom. The molecule has 1 aliphatic carbocycles. The van der Waals surface area contributed by atoms with E-state index in [1.54, 1.807) is 0 Å². The van der Waals surface area contributed by atoms with Crippen molar-refractivity contribution < 1.29 is 24.9 Å². The van der Waals surface area contributed by atoms with Crippen LogP contribution in [0, 0.1) is 5.92 Å². The molecule has 0 saturated heterocycles. The van der Waals surface area contributed by atoms with Gasteiger partial charge in [0.05, 0.1) is 25.9 Å². The zero-order chi connectivity index (χ0) is 10.7. The second-order valence-electron chi connectivity index (χ2n) is 3.29.